The molecule has 1 N–H and O–H groups in total. The van der Waals surface area contributed by atoms with Crippen molar-refractivity contribution >= 4 is 40.8 Å². The third-order valence-corrected chi connectivity index (χ3v) is 6.21. The van der Waals surface area contributed by atoms with Crippen molar-refractivity contribution in [1.82, 2.24) is 0 Å². The lowest BCUT2D eigenvalue weighted by Gasteiger charge is -2.39. The van der Waals surface area contributed by atoms with Gasteiger partial charge in [0.1, 0.15) is 5.75 Å². The van der Waals surface area contributed by atoms with E-state index in [-0.39, 0.29) is 10.7 Å². The molecule has 28 heavy (non-hydrogen) atoms. The molecule has 0 spiro atoms. The second kappa shape index (κ2) is 7.95. The Labute approximate surface area is 168 Å². The first kappa shape index (κ1) is 20.4. The molecule has 0 amide bonds. The van der Waals surface area contributed by atoms with E-state index >= 15 is 0 Å². The zero-order chi connectivity index (χ0) is 20.5. The molecule has 8 heteroatoms. The summed E-state index contributed by atoms with van der Waals surface area (Å²) in [6.07, 6.45) is 1.48. The summed E-state index contributed by atoms with van der Waals surface area (Å²) >= 11 is 1.56. The molecule has 1 saturated carbocycles. The van der Waals surface area contributed by atoms with Crippen LogP contribution in [0.4, 0.5) is 5.69 Å². The summed E-state index contributed by atoms with van der Waals surface area (Å²) in [7, 11) is 2.86. The highest BCUT2D eigenvalue weighted by Gasteiger charge is 2.40. The highest BCUT2D eigenvalue weighted by Crippen LogP contribution is 2.40. The number of ether oxygens (including phenoxy) is 2. The average Bonchev–Trinajstić information content (AvgIpc) is 2.66. The Hall–Kier alpha value is -2.35. The number of thioether (sulfide) groups is 1. The first-order valence-electron chi connectivity index (χ1n) is 8.99. The Morgan fingerprint density at radius 1 is 1.29 bits per heavy atom. The summed E-state index contributed by atoms with van der Waals surface area (Å²) < 4.78 is 10.1. The van der Waals surface area contributed by atoms with E-state index in [0.29, 0.717) is 22.8 Å². The Bertz CT molecular complexity index is 862. The summed E-state index contributed by atoms with van der Waals surface area (Å²) in [5, 5.41) is 9.26. The molecule has 150 valence electrons. The maximum atomic E-state index is 12.2. The van der Waals surface area contributed by atoms with Crippen LogP contribution in [-0.4, -0.2) is 59.7 Å². The highest BCUT2D eigenvalue weighted by molar-refractivity contribution is 8.01. The molecular formula is C20H24N2O5S. The van der Waals surface area contributed by atoms with E-state index in [9.17, 15) is 14.7 Å². The second-order valence-corrected chi connectivity index (χ2v) is 8.82. The number of esters is 1. The molecule has 2 atom stereocenters. The minimum absolute atomic E-state index is 0.0591. The fourth-order valence-electron chi connectivity index (χ4n) is 3.54. The Balaban J connectivity index is 2.04. The van der Waals surface area contributed by atoms with Gasteiger partial charge in [0.05, 0.1) is 30.7 Å². The van der Waals surface area contributed by atoms with Gasteiger partial charge < -0.3 is 14.6 Å². The number of hydrogen-bond donors (Lipinski definition) is 1. The predicted octanol–water partition coefficient (Wildman–Crippen LogP) is 3.38. The van der Waals surface area contributed by atoms with Gasteiger partial charge in [0.2, 0.25) is 0 Å². The number of aliphatic imine (C=N–C) groups is 2. The molecule has 0 saturated heterocycles. The van der Waals surface area contributed by atoms with Gasteiger partial charge >= 0.3 is 11.9 Å². The monoisotopic (exact) mass is 404 g/mol. The van der Waals surface area contributed by atoms with Crippen LogP contribution in [0.15, 0.2) is 28.2 Å². The van der Waals surface area contributed by atoms with E-state index in [1.54, 1.807) is 30.0 Å². The normalized spacial score (nSPS) is 24.9. The number of hydrogen-bond acceptors (Lipinski definition) is 7. The maximum Gasteiger partial charge on any atom is 0.340 e. The van der Waals surface area contributed by atoms with Gasteiger partial charge in [-0.05, 0) is 36.5 Å². The average molecular weight is 404 g/mol. The molecule has 0 radical (unpaired) electrons. The van der Waals surface area contributed by atoms with Gasteiger partial charge in [-0.15, -0.1) is 11.8 Å². The van der Waals surface area contributed by atoms with Gasteiger partial charge in [-0.25, -0.2) is 9.59 Å². The number of benzene rings is 1. The molecule has 3 rings (SSSR count). The van der Waals surface area contributed by atoms with Crippen LogP contribution in [0.2, 0.25) is 0 Å². The van der Waals surface area contributed by atoms with Crippen molar-refractivity contribution in [2.75, 3.05) is 20.0 Å². The summed E-state index contributed by atoms with van der Waals surface area (Å²) in [5.74, 6) is -0.421. The lowest BCUT2D eigenvalue weighted by Crippen LogP contribution is -2.44. The minimum Gasteiger partial charge on any atom is -0.497 e. The summed E-state index contributed by atoms with van der Waals surface area (Å²) in [4.78, 5) is 32.9. The summed E-state index contributed by atoms with van der Waals surface area (Å²) in [6.45, 7) is 4.23. The second-order valence-electron chi connectivity index (χ2n) is 7.68. The fraction of sp³-hybridized carbons (Fsp3) is 0.500. The van der Waals surface area contributed by atoms with Crippen molar-refractivity contribution in [2.45, 2.75) is 38.0 Å². The third-order valence-electron chi connectivity index (χ3n) is 4.83. The SMILES string of the molecule is COC(=O)c1cc(OC)ccc1N=C1CC(C)(C)CC2=NC(C(=O)O)CSC12. The minimum atomic E-state index is -0.900. The van der Waals surface area contributed by atoms with Crippen molar-refractivity contribution in [1.29, 1.82) is 0 Å². The number of carboxylic acids is 1. The number of aliphatic carboxylic acids is 1. The maximum absolute atomic E-state index is 12.2. The highest BCUT2D eigenvalue weighted by atomic mass is 32.2. The van der Waals surface area contributed by atoms with Gasteiger partial charge in [-0.1, -0.05) is 13.8 Å². The Morgan fingerprint density at radius 2 is 2.04 bits per heavy atom. The lowest BCUT2D eigenvalue weighted by molar-refractivity contribution is -0.137. The number of rotatable bonds is 4. The number of carbonyl (C=O) groups excluding carboxylic acids is 1. The Morgan fingerprint density at radius 3 is 2.68 bits per heavy atom. The topological polar surface area (TPSA) is 97.5 Å². The van der Waals surface area contributed by atoms with E-state index < -0.39 is 18.0 Å². The number of fused-ring (bicyclic) bond motifs is 1. The number of carboxylic acid groups (broad SMARTS) is 1. The zero-order valence-corrected chi connectivity index (χ0v) is 17.2. The van der Waals surface area contributed by atoms with Crippen molar-refractivity contribution < 1.29 is 24.2 Å². The molecule has 2 aliphatic rings. The van der Waals surface area contributed by atoms with Gasteiger partial charge in [-0.3, -0.25) is 9.98 Å². The largest absolute Gasteiger partial charge is 0.497 e. The first-order chi connectivity index (χ1) is 13.2. The molecule has 0 bridgehead atoms. The van der Waals surface area contributed by atoms with E-state index in [4.69, 9.17) is 14.5 Å². The number of nitrogens with zero attached hydrogens (tertiary/aromatic N) is 2. The lowest BCUT2D eigenvalue weighted by atomic mass is 9.75. The summed E-state index contributed by atoms with van der Waals surface area (Å²) in [6, 6.07) is 4.40. The van der Waals surface area contributed by atoms with E-state index in [2.05, 4.69) is 18.8 Å². The van der Waals surface area contributed by atoms with Gasteiger partial charge in [-0.2, -0.15) is 0 Å². The molecule has 1 aliphatic carbocycles. The smallest absolute Gasteiger partial charge is 0.340 e. The predicted molar refractivity (Wildman–Crippen MR) is 110 cm³/mol. The van der Waals surface area contributed by atoms with Crippen molar-refractivity contribution in [3.8, 4) is 5.75 Å². The van der Waals surface area contributed by atoms with Crippen LogP contribution in [-0.2, 0) is 9.53 Å². The molecule has 0 aromatic heterocycles. The molecular weight excluding hydrogens is 380 g/mol. The van der Waals surface area contributed by atoms with Crippen molar-refractivity contribution in [3.63, 3.8) is 0 Å². The van der Waals surface area contributed by atoms with Crippen molar-refractivity contribution in [3.05, 3.63) is 23.8 Å². The van der Waals surface area contributed by atoms with Crippen LogP contribution >= 0.6 is 11.8 Å². The molecule has 2 unspecified atom stereocenters. The summed E-state index contributed by atoms with van der Waals surface area (Å²) in [5.41, 5.74) is 2.53. The molecule has 1 aromatic rings. The number of carbonyl (C=O) groups is 2. The van der Waals surface area contributed by atoms with E-state index in [1.165, 1.54) is 14.2 Å². The van der Waals surface area contributed by atoms with E-state index in [0.717, 1.165) is 24.3 Å². The first-order valence-corrected chi connectivity index (χ1v) is 10.0. The van der Waals surface area contributed by atoms with Gasteiger partial charge in [0, 0.05) is 17.2 Å². The molecule has 1 aromatic carbocycles. The number of methoxy groups -OCH3 is 2. The van der Waals surface area contributed by atoms with E-state index in [1.807, 2.05) is 0 Å². The third kappa shape index (κ3) is 4.22. The van der Waals surface area contributed by atoms with Gasteiger partial charge in [0.25, 0.3) is 0 Å². The standard InChI is InChI=1S/C20H24N2O5S/c1-20(2)8-14(17-15(9-20)22-16(10-28-17)18(23)24)21-13-6-5-11(26-3)7-12(13)19(25)27-4/h5-7,16-17H,8-10H2,1-4H3,(H,23,24). The van der Waals surface area contributed by atoms with Crippen LogP contribution < -0.4 is 4.74 Å². The van der Waals surface area contributed by atoms with Crippen LogP contribution in [0, 0.1) is 5.41 Å². The molecule has 7 nitrogen and oxygen atoms in total. The van der Waals surface area contributed by atoms with Gasteiger partial charge in [0.15, 0.2) is 6.04 Å². The van der Waals surface area contributed by atoms with Crippen LogP contribution in [0.1, 0.15) is 37.0 Å². The fourth-order valence-corrected chi connectivity index (χ4v) is 4.80. The van der Waals surface area contributed by atoms with Crippen molar-refractivity contribution in [2.24, 2.45) is 15.4 Å². The van der Waals surface area contributed by atoms with Crippen LogP contribution in [0.5, 0.6) is 5.75 Å². The molecule has 1 fully saturated rings. The molecule has 1 heterocycles. The Kier molecular flexibility index (Phi) is 5.79. The van der Waals surface area contributed by atoms with Crippen LogP contribution in [0.3, 0.4) is 0 Å². The quantitative estimate of drug-likeness (QED) is 0.773. The van der Waals surface area contributed by atoms with Crippen LogP contribution in [0.25, 0.3) is 0 Å². The zero-order valence-electron chi connectivity index (χ0n) is 16.4. The molecule has 1 aliphatic heterocycles.